The highest BCUT2D eigenvalue weighted by molar-refractivity contribution is 7.89. The summed E-state index contributed by atoms with van der Waals surface area (Å²) >= 11 is 0. The Morgan fingerprint density at radius 2 is 1.85 bits per heavy atom. The van der Waals surface area contributed by atoms with E-state index in [0.717, 1.165) is 30.3 Å². The molecule has 180 valence electrons. The largest absolute Gasteiger partial charge is 0.394 e. The van der Waals surface area contributed by atoms with Crippen LogP contribution in [0, 0.1) is 17.5 Å². The van der Waals surface area contributed by atoms with Crippen LogP contribution in [0.25, 0.3) is 0 Å². The zero-order chi connectivity index (χ0) is 24.0. The number of carbonyl (C=O) groups is 1. The lowest BCUT2D eigenvalue weighted by atomic mass is 9.98. The van der Waals surface area contributed by atoms with Gasteiger partial charge in [-0.25, -0.2) is 31.1 Å². The number of amides is 2. The van der Waals surface area contributed by atoms with Crippen molar-refractivity contribution in [3.8, 4) is 0 Å². The van der Waals surface area contributed by atoms with Crippen molar-refractivity contribution in [2.75, 3.05) is 18.5 Å². The van der Waals surface area contributed by atoms with Gasteiger partial charge in [0.05, 0.1) is 35.4 Å². The molecule has 2 aromatic rings. The Morgan fingerprint density at radius 1 is 1.09 bits per heavy atom. The number of sulfonamides is 1. The highest BCUT2D eigenvalue weighted by Crippen LogP contribution is 2.23. The van der Waals surface area contributed by atoms with Gasteiger partial charge >= 0.3 is 6.03 Å². The number of hydrogen-bond donors (Lipinski definition) is 4. The third-order valence-corrected chi connectivity index (χ3v) is 6.62. The minimum Gasteiger partial charge on any atom is -0.394 e. The lowest BCUT2D eigenvalue weighted by Gasteiger charge is -2.36. The van der Waals surface area contributed by atoms with Gasteiger partial charge in [0.1, 0.15) is 17.5 Å². The van der Waals surface area contributed by atoms with Gasteiger partial charge in [0.25, 0.3) is 0 Å². The third kappa shape index (κ3) is 6.90. The summed E-state index contributed by atoms with van der Waals surface area (Å²) in [5, 5.41) is 14.4. The van der Waals surface area contributed by atoms with Gasteiger partial charge in [-0.05, 0) is 49.6 Å². The molecule has 0 aliphatic carbocycles. The molecule has 0 bridgehead atoms. The van der Waals surface area contributed by atoms with Gasteiger partial charge in [0.2, 0.25) is 10.0 Å². The fraction of sp³-hybridized carbons (Fsp3) is 0.381. The Bertz CT molecular complexity index is 1090. The van der Waals surface area contributed by atoms with Crippen molar-refractivity contribution in [3.63, 3.8) is 0 Å². The predicted octanol–water partition coefficient (Wildman–Crippen LogP) is 2.50. The van der Waals surface area contributed by atoms with E-state index >= 15 is 0 Å². The normalized spacial score (nSPS) is 20.9. The molecule has 3 atom stereocenters. The summed E-state index contributed by atoms with van der Waals surface area (Å²) in [5.74, 6) is -2.16. The molecule has 1 aliphatic heterocycles. The summed E-state index contributed by atoms with van der Waals surface area (Å²) in [6, 6.07) is 5.82. The highest BCUT2D eigenvalue weighted by atomic mass is 32.2. The summed E-state index contributed by atoms with van der Waals surface area (Å²) in [6.07, 6.45) is -0.0655. The SMILES string of the molecule is O=C(NCC[C@@H]1CC[C@@H](NS(=O)(=O)c2cccc(F)c2)[C@H](CO)O1)Nc1cc(F)ccc1F. The molecule has 1 fully saturated rings. The Kier molecular flexibility index (Phi) is 8.30. The molecule has 4 N–H and O–H groups in total. The van der Waals surface area contributed by atoms with Crippen LogP contribution >= 0.6 is 0 Å². The molecule has 33 heavy (non-hydrogen) atoms. The van der Waals surface area contributed by atoms with Crippen LogP contribution in [0.5, 0.6) is 0 Å². The fourth-order valence-electron chi connectivity index (χ4n) is 3.49. The summed E-state index contributed by atoms with van der Waals surface area (Å²) in [7, 11) is -4.01. The first-order valence-corrected chi connectivity index (χ1v) is 11.7. The molecule has 0 saturated carbocycles. The van der Waals surface area contributed by atoms with Crippen LogP contribution in [0.4, 0.5) is 23.7 Å². The van der Waals surface area contributed by atoms with Crippen LogP contribution in [0.3, 0.4) is 0 Å². The van der Waals surface area contributed by atoms with Crippen molar-refractivity contribution in [1.82, 2.24) is 10.0 Å². The first kappa shape index (κ1) is 25.0. The van der Waals surface area contributed by atoms with E-state index in [1.54, 1.807) is 0 Å². The van der Waals surface area contributed by atoms with Crippen molar-refractivity contribution >= 4 is 21.7 Å². The minimum atomic E-state index is -4.01. The smallest absolute Gasteiger partial charge is 0.319 e. The highest BCUT2D eigenvalue weighted by Gasteiger charge is 2.34. The van der Waals surface area contributed by atoms with Crippen LogP contribution in [-0.2, 0) is 14.8 Å². The minimum absolute atomic E-state index is 0.144. The van der Waals surface area contributed by atoms with E-state index in [0.29, 0.717) is 19.3 Å². The number of aliphatic hydroxyl groups is 1. The van der Waals surface area contributed by atoms with Crippen molar-refractivity contribution in [2.45, 2.75) is 42.4 Å². The van der Waals surface area contributed by atoms with Crippen molar-refractivity contribution in [3.05, 3.63) is 59.9 Å². The first-order valence-electron chi connectivity index (χ1n) is 10.2. The summed E-state index contributed by atoms with van der Waals surface area (Å²) in [5.41, 5.74) is -0.296. The van der Waals surface area contributed by atoms with Crippen molar-refractivity contribution in [1.29, 1.82) is 0 Å². The number of benzene rings is 2. The topological polar surface area (TPSA) is 117 Å². The quantitative estimate of drug-likeness (QED) is 0.457. The number of halogens is 3. The molecule has 0 radical (unpaired) electrons. The molecule has 8 nitrogen and oxygen atoms in total. The van der Waals surface area contributed by atoms with E-state index in [1.807, 2.05) is 0 Å². The Morgan fingerprint density at radius 3 is 2.58 bits per heavy atom. The zero-order valence-corrected chi connectivity index (χ0v) is 18.2. The van der Waals surface area contributed by atoms with Crippen molar-refractivity contribution in [2.24, 2.45) is 0 Å². The second kappa shape index (κ2) is 11.0. The maximum absolute atomic E-state index is 13.6. The summed E-state index contributed by atoms with van der Waals surface area (Å²) in [4.78, 5) is 11.7. The van der Waals surface area contributed by atoms with Gasteiger partial charge in [-0.3, -0.25) is 0 Å². The summed E-state index contributed by atoms with van der Waals surface area (Å²) < 4.78 is 73.4. The second-order valence-corrected chi connectivity index (χ2v) is 9.25. The first-order chi connectivity index (χ1) is 15.7. The van der Waals surface area contributed by atoms with E-state index in [-0.39, 0.29) is 23.2 Å². The van der Waals surface area contributed by atoms with Gasteiger partial charge in [-0.2, -0.15) is 0 Å². The second-order valence-electron chi connectivity index (χ2n) is 7.54. The zero-order valence-electron chi connectivity index (χ0n) is 17.4. The van der Waals surface area contributed by atoms with E-state index in [2.05, 4.69) is 15.4 Å². The molecule has 0 spiro atoms. The van der Waals surface area contributed by atoms with Crippen LogP contribution < -0.4 is 15.4 Å². The Balaban J connectivity index is 1.48. The summed E-state index contributed by atoms with van der Waals surface area (Å²) in [6.45, 7) is -0.301. The van der Waals surface area contributed by atoms with Crippen LogP contribution in [0.1, 0.15) is 19.3 Å². The number of rotatable bonds is 8. The molecule has 1 saturated heterocycles. The number of anilines is 1. The van der Waals surface area contributed by atoms with Gasteiger partial charge in [0, 0.05) is 12.6 Å². The van der Waals surface area contributed by atoms with Crippen LogP contribution in [0.15, 0.2) is 47.4 Å². The lowest BCUT2D eigenvalue weighted by Crippen LogP contribution is -2.51. The maximum atomic E-state index is 13.6. The fourth-order valence-corrected chi connectivity index (χ4v) is 4.82. The van der Waals surface area contributed by atoms with Crippen molar-refractivity contribution < 1.29 is 36.2 Å². The standard InChI is InChI=1S/C21H24F3N3O5S/c22-13-2-1-3-16(10-13)33(30,31)27-18-7-5-15(32-20(18)12-28)8-9-25-21(29)26-19-11-14(23)4-6-17(19)24/h1-4,6,10-11,15,18,20,27-28H,5,7-9,12H2,(H2,25,26,29)/t15-,18+,20-/m0/s1. The molecule has 3 rings (SSSR count). The number of nitrogens with one attached hydrogen (secondary N) is 3. The third-order valence-electron chi connectivity index (χ3n) is 5.14. The predicted molar refractivity (Wildman–Crippen MR) is 113 cm³/mol. The number of urea groups is 1. The van der Waals surface area contributed by atoms with E-state index in [1.165, 1.54) is 12.1 Å². The van der Waals surface area contributed by atoms with Gasteiger partial charge < -0.3 is 20.5 Å². The van der Waals surface area contributed by atoms with Gasteiger partial charge in [-0.15, -0.1) is 0 Å². The average Bonchev–Trinajstić information content (AvgIpc) is 2.77. The van der Waals surface area contributed by atoms with Gasteiger partial charge in [0.15, 0.2) is 0 Å². The van der Waals surface area contributed by atoms with Gasteiger partial charge in [-0.1, -0.05) is 6.07 Å². The van der Waals surface area contributed by atoms with E-state index in [4.69, 9.17) is 4.74 Å². The number of hydrogen-bond acceptors (Lipinski definition) is 5. The van der Waals surface area contributed by atoms with E-state index < -0.39 is 52.3 Å². The average molecular weight is 488 g/mol. The Labute approximate surface area is 189 Å². The van der Waals surface area contributed by atoms with Crippen LogP contribution in [-0.4, -0.2) is 51.0 Å². The molecule has 0 unspecified atom stereocenters. The number of ether oxygens (including phenoxy) is 1. The number of carbonyl (C=O) groups excluding carboxylic acids is 1. The van der Waals surface area contributed by atoms with Crippen LogP contribution in [0.2, 0.25) is 0 Å². The maximum Gasteiger partial charge on any atom is 0.319 e. The Hall–Kier alpha value is -2.67. The molecule has 1 heterocycles. The monoisotopic (exact) mass is 487 g/mol. The molecule has 2 aromatic carbocycles. The molecule has 12 heteroatoms. The molecule has 1 aliphatic rings. The lowest BCUT2D eigenvalue weighted by molar-refractivity contribution is -0.0871. The molecule has 0 aromatic heterocycles. The molecule has 2 amide bonds. The van der Waals surface area contributed by atoms with E-state index in [9.17, 15) is 31.5 Å². The molecular weight excluding hydrogens is 463 g/mol. The molecular formula is C21H24F3N3O5S. The number of aliphatic hydroxyl groups excluding tert-OH is 1.